The van der Waals surface area contributed by atoms with E-state index in [2.05, 4.69) is 5.32 Å². The van der Waals surface area contributed by atoms with Gasteiger partial charge in [-0.15, -0.1) is 0 Å². The summed E-state index contributed by atoms with van der Waals surface area (Å²) >= 11 is 0. The van der Waals surface area contributed by atoms with Gasteiger partial charge in [0.15, 0.2) is 0 Å². The van der Waals surface area contributed by atoms with Crippen LogP contribution in [0.2, 0.25) is 0 Å². The topological polar surface area (TPSA) is 84.9 Å². The zero-order valence-electron chi connectivity index (χ0n) is 20.6. The number of rotatable bonds is 7. The summed E-state index contributed by atoms with van der Waals surface area (Å²) < 4.78 is 24.1. The molecule has 3 rings (SSSR count). The van der Waals surface area contributed by atoms with E-state index in [9.17, 15) is 18.8 Å². The maximum absolute atomic E-state index is 13.3. The number of ether oxygens (including phenoxy) is 2. The lowest BCUT2D eigenvalue weighted by atomic mass is 9.96. The van der Waals surface area contributed by atoms with Gasteiger partial charge in [0.25, 0.3) is 0 Å². The standard InChI is InChI=1S/C27H33FN2O5/c1-18(25(32)34-17-20-8-6-5-7-9-20)29-24(31)23-15-21(14-19-10-12-22(28)13-11-19)16-30(23)26(33)35-27(2,3)4/h5-13,18,21,23H,14-17H2,1-4H3,(H,29,31)/t18-,21-,23+/m0/s1. The van der Waals surface area contributed by atoms with Crippen molar-refractivity contribution in [2.75, 3.05) is 6.54 Å². The predicted molar refractivity (Wildman–Crippen MR) is 129 cm³/mol. The third-order valence-corrected chi connectivity index (χ3v) is 5.69. The van der Waals surface area contributed by atoms with Crippen molar-refractivity contribution in [2.24, 2.45) is 5.92 Å². The summed E-state index contributed by atoms with van der Waals surface area (Å²) in [6, 6.07) is 13.8. The van der Waals surface area contributed by atoms with Gasteiger partial charge in [-0.1, -0.05) is 42.5 Å². The Bertz CT molecular complexity index is 1020. The van der Waals surface area contributed by atoms with Crippen LogP contribution in [0.5, 0.6) is 0 Å². The summed E-state index contributed by atoms with van der Waals surface area (Å²) in [4.78, 5) is 39.9. The number of likely N-dealkylation sites (tertiary alicyclic amines) is 1. The molecule has 2 amide bonds. The molecule has 1 heterocycles. The van der Waals surface area contributed by atoms with Gasteiger partial charge in [-0.3, -0.25) is 9.69 Å². The molecule has 2 aromatic carbocycles. The Balaban J connectivity index is 1.64. The third-order valence-electron chi connectivity index (χ3n) is 5.69. The maximum atomic E-state index is 13.3. The summed E-state index contributed by atoms with van der Waals surface area (Å²) in [5.41, 5.74) is 1.04. The number of nitrogens with zero attached hydrogens (tertiary/aromatic N) is 1. The van der Waals surface area contributed by atoms with Crippen molar-refractivity contribution in [3.05, 3.63) is 71.5 Å². The first-order valence-electron chi connectivity index (χ1n) is 11.8. The number of carbonyl (C=O) groups excluding carboxylic acids is 3. The normalized spacial score (nSPS) is 18.6. The highest BCUT2D eigenvalue weighted by atomic mass is 19.1. The van der Waals surface area contributed by atoms with Crippen molar-refractivity contribution >= 4 is 18.0 Å². The molecule has 2 aromatic rings. The first-order chi connectivity index (χ1) is 16.5. The molecule has 0 saturated carbocycles. The Labute approximate surface area is 205 Å². The van der Waals surface area contributed by atoms with Gasteiger partial charge in [-0.25, -0.2) is 14.0 Å². The molecule has 0 radical (unpaired) electrons. The van der Waals surface area contributed by atoms with Crippen LogP contribution in [-0.4, -0.2) is 47.1 Å². The number of nitrogens with one attached hydrogen (secondary N) is 1. The molecule has 8 heteroatoms. The molecule has 3 atom stereocenters. The van der Waals surface area contributed by atoms with Crippen LogP contribution in [0.15, 0.2) is 54.6 Å². The van der Waals surface area contributed by atoms with Gasteiger partial charge in [0.2, 0.25) is 5.91 Å². The molecule has 1 saturated heterocycles. The second kappa shape index (κ2) is 11.3. The van der Waals surface area contributed by atoms with E-state index in [4.69, 9.17) is 9.47 Å². The van der Waals surface area contributed by atoms with Crippen LogP contribution in [0.1, 0.15) is 45.2 Å². The Kier molecular flexibility index (Phi) is 8.48. The Morgan fingerprint density at radius 2 is 1.71 bits per heavy atom. The van der Waals surface area contributed by atoms with Crippen molar-refractivity contribution < 1.29 is 28.2 Å². The second-order valence-corrected chi connectivity index (χ2v) is 9.90. The smallest absolute Gasteiger partial charge is 0.410 e. The highest BCUT2D eigenvalue weighted by molar-refractivity contribution is 5.90. The summed E-state index contributed by atoms with van der Waals surface area (Å²) in [7, 11) is 0. The van der Waals surface area contributed by atoms with Crippen molar-refractivity contribution in [3.63, 3.8) is 0 Å². The number of carbonyl (C=O) groups is 3. The molecule has 0 bridgehead atoms. The van der Waals surface area contributed by atoms with Crippen LogP contribution >= 0.6 is 0 Å². The first-order valence-corrected chi connectivity index (χ1v) is 11.8. The fourth-order valence-corrected chi connectivity index (χ4v) is 4.02. The van der Waals surface area contributed by atoms with Crippen LogP contribution in [0, 0.1) is 11.7 Å². The van der Waals surface area contributed by atoms with E-state index in [0.29, 0.717) is 19.4 Å². The Hall–Kier alpha value is -3.42. The number of hydrogen-bond donors (Lipinski definition) is 1. The summed E-state index contributed by atoms with van der Waals surface area (Å²) in [6.07, 6.45) is 0.394. The number of esters is 1. The fraction of sp³-hybridized carbons (Fsp3) is 0.444. The molecule has 0 spiro atoms. The second-order valence-electron chi connectivity index (χ2n) is 9.90. The molecule has 0 aliphatic carbocycles. The largest absolute Gasteiger partial charge is 0.459 e. The number of amides is 2. The molecule has 188 valence electrons. The quantitative estimate of drug-likeness (QED) is 0.594. The minimum Gasteiger partial charge on any atom is -0.459 e. The molecule has 0 aromatic heterocycles. The molecule has 1 aliphatic rings. The summed E-state index contributed by atoms with van der Waals surface area (Å²) in [5, 5.41) is 2.68. The van der Waals surface area contributed by atoms with Gasteiger partial charge in [0.05, 0.1) is 0 Å². The molecule has 1 aliphatic heterocycles. The molecular formula is C27H33FN2O5. The van der Waals surface area contributed by atoms with E-state index in [-0.39, 0.29) is 18.3 Å². The lowest BCUT2D eigenvalue weighted by Gasteiger charge is -2.28. The number of hydrogen-bond acceptors (Lipinski definition) is 5. The van der Waals surface area contributed by atoms with Gasteiger partial charge >= 0.3 is 12.1 Å². The molecule has 7 nitrogen and oxygen atoms in total. The number of benzene rings is 2. The highest BCUT2D eigenvalue weighted by Gasteiger charge is 2.42. The van der Waals surface area contributed by atoms with E-state index in [1.165, 1.54) is 17.0 Å². The van der Waals surface area contributed by atoms with Crippen LogP contribution in [0.3, 0.4) is 0 Å². The monoisotopic (exact) mass is 484 g/mol. The van der Waals surface area contributed by atoms with Gasteiger partial charge in [0, 0.05) is 6.54 Å². The van der Waals surface area contributed by atoms with Crippen LogP contribution in [0.4, 0.5) is 9.18 Å². The predicted octanol–water partition coefficient (Wildman–Crippen LogP) is 4.24. The molecule has 35 heavy (non-hydrogen) atoms. The van der Waals surface area contributed by atoms with E-state index < -0.39 is 35.7 Å². The molecule has 0 unspecified atom stereocenters. The van der Waals surface area contributed by atoms with Crippen LogP contribution in [-0.2, 0) is 32.1 Å². The van der Waals surface area contributed by atoms with Crippen molar-refractivity contribution in [2.45, 2.75) is 64.8 Å². The first kappa shape index (κ1) is 26.2. The Morgan fingerprint density at radius 1 is 1.06 bits per heavy atom. The third kappa shape index (κ3) is 7.80. The van der Waals surface area contributed by atoms with E-state index in [1.807, 2.05) is 30.3 Å². The van der Waals surface area contributed by atoms with Crippen LogP contribution < -0.4 is 5.32 Å². The van der Waals surface area contributed by atoms with Crippen molar-refractivity contribution in [3.8, 4) is 0 Å². The van der Waals surface area contributed by atoms with Gasteiger partial charge < -0.3 is 14.8 Å². The maximum Gasteiger partial charge on any atom is 0.410 e. The number of halogens is 1. The minimum atomic E-state index is -0.886. The summed E-state index contributed by atoms with van der Waals surface area (Å²) in [6.45, 7) is 7.25. The lowest BCUT2D eigenvalue weighted by molar-refractivity contribution is -0.149. The minimum absolute atomic E-state index is 0.0240. The Morgan fingerprint density at radius 3 is 2.34 bits per heavy atom. The zero-order valence-corrected chi connectivity index (χ0v) is 20.6. The van der Waals surface area contributed by atoms with Crippen molar-refractivity contribution in [1.29, 1.82) is 0 Å². The average Bonchev–Trinajstić information content (AvgIpc) is 3.23. The SMILES string of the molecule is C[C@H](NC(=O)[C@H]1C[C@H](Cc2ccc(F)cc2)CN1C(=O)OC(C)(C)C)C(=O)OCc1ccccc1. The molecule has 1 N–H and O–H groups in total. The van der Waals surface area contributed by atoms with Crippen LogP contribution in [0.25, 0.3) is 0 Å². The molecule has 1 fully saturated rings. The fourth-order valence-electron chi connectivity index (χ4n) is 4.02. The van der Waals surface area contributed by atoms with Gasteiger partial charge in [-0.2, -0.15) is 0 Å². The zero-order chi connectivity index (χ0) is 25.6. The van der Waals surface area contributed by atoms with E-state index in [1.54, 1.807) is 39.8 Å². The molecular weight excluding hydrogens is 451 g/mol. The highest BCUT2D eigenvalue weighted by Crippen LogP contribution is 2.28. The van der Waals surface area contributed by atoms with Crippen molar-refractivity contribution in [1.82, 2.24) is 10.2 Å². The van der Waals surface area contributed by atoms with E-state index in [0.717, 1.165) is 11.1 Å². The van der Waals surface area contributed by atoms with Gasteiger partial charge in [0.1, 0.15) is 30.1 Å². The summed E-state index contributed by atoms with van der Waals surface area (Å²) in [5.74, 6) is -1.35. The van der Waals surface area contributed by atoms with E-state index >= 15 is 0 Å². The average molecular weight is 485 g/mol. The van der Waals surface area contributed by atoms with Gasteiger partial charge in [-0.05, 0) is 69.7 Å². The lowest BCUT2D eigenvalue weighted by Crippen LogP contribution is -2.51.